The third-order valence-corrected chi connectivity index (χ3v) is 3.28. The van der Waals surface area contributed by atoms with Crippen molar-refractivity contribution in [1.29, 1.82) is 0 Å². The number of benzene rings is 2. The molecule has 0 saturated heterocycles. The Hall–Kier alpha value is -1.89. The van der Waals surface area contributed by atoms with Crippen LogP contribution in [0.2, 0.25) is 0 Å². The first-order valence-electron chi connectivity index (χ1n) is 5.76. The molecule has 0 heterocycles. The van der Waals surface area contributed by atoms with Gasteiger partial charge in [-0.25, -0.2) is 0 Å². The fourth-order valence-electron chi connectivity index (χ4n) is 2.11. The van der Waals surface area contributed by atoms with Gasteiger partial charge in [0.25, 0.3) is 0 Å². The zero-order valence-electron chi connectivity index (χ0n) is 10.4. The third-order valence-electron chi connectivity index (χ3n) is 3.28. The highest BCUT2D eigenvalue weighted by Gasteiger charge is 2.06. The maximum Gasteiger partial charge on any atom is 0.150 e. The van der Waals surface area contributed by atoms with Crippen LogP contribution in [-0.2, 0) is 0 Å². The predicted octanol–water partition coefficient (Wildman–Crippen LogP) is 4.09. The van der Waals surface area contributed by atoms with Crippen LogP contribution in [-0.4, -0.2) is 6.29 Å². The Bertz CT molecular complexity index is 568. The quantitative estimate of drug-likeness (QED) is 0.702. The van der Waals surface area contributed by atoms with Crippen LogP contribution in [0.5, 0.6) is 0 Å². The Kier molecular flexibility index (Phi) is 3.10. The van der Waals surface area contributed by atoms with Gasteiger partial charge in [-0.2, -0.15) is 0 Å². The summed E-state index contributed by atoms with van der Waals surface area (Å²) in [5.41, 5.74) is 6.92. The molecule has 1 heteroatoms. The van der Waals surface area contributed by atoms with Gasteiger partial charge in [0.15, 0.2) is 0 Å². The summed E-state index contributed by atoms with van der Waals surface area (Å²) in [4.78, 5) is 10.7. The van der Waals surface area contributed by atoms with Crippen molar-refractivity contribution >= 4 is 6.29 Å². The molecule has 0 aliphatic carbocycles. The summed E-state index contributed by atoms with van der Waals surface area (Å²) in [7, 11) is 0. The summed E-state index contributed by atoms with van der Waals surface area (Å²) in [5, 5.41) is 0. The molecule has 2 aromatic carbocycles. The van der Waals surface area contributed by atoms with Crippen molar-refractivity contribution in [2.45, 2.75) is 20.8 Å². The molecule has 0 N–H and O–H groups in total. The molecule has 17 heavy (non-hydrogen) atoms. The lowest BCUT2D eigenvalue weighted by molar-refractivity contribution is 0.112. The van der Waals surface area contributed by atoms with E-state index in [1.165, 1.54) is 22.3 Å². The maximum atomic E-state index is 10.7. The van der Waals surface area contributed by atoms with Crippen molar-refractivity contribution in [1.82, 2.24) is 0 Å². The van der Waals surface area contributed by atoms with E-state index < -0.39 is 0 Å². The molecule has 0 fully saturated rings. The number of carbonyl (C=O) groups excluding carboxylic acids is 1. The first kappa shape index (κ1) is 11.6. The summed E-state index contributed by atoms with van der Waals surface area (Å²) in [5.74, 6) is 0. The topological polar surface area (TPSA) is 17.1 Å². The van der Waals surface area contributed by atoms with Gasteiger partial charge in [0, 0.05) is 5.56 Å². The second kappa shape index (κ2) is 4.54. The van der Waals surface area contributed by atoms with Crippen molar-refractivity contribution in [2.75, 3.05) is 0 Å². The van der Waals surface area contributed by atoms with E-state index in [2.05, 4.69) is 32.0 Å². The van der Waals surface area contributed by atoms with Gasteiger partial charge in [-0.15, -0.1) is 0 Å². The van der Waals surface area contributed by atoms with Crippen LogP contribution < -0.4 is 0 Å². The lowest BCUT2D eigenvalue weighted by atomic mass is 9.93. The molecule has 0 aliphatic heterocycles. The smallest absolute Gasteiger partial charge is 0.150 e. The van der Waals surface area contributed by atoms with Gasteiger partial charge in [-0.3, -0.25) is 4.79 Å². The van der Waals surface area contributed by atoms with Crippen molar-refractivity contribution in [3.05, 3.63) is 58.7 Å². The Morgan fingerprint density at radius 1 is 0.882 bits per heavy atom. The third kappa shape index (κ3) is 2.14. The average molecular weight is 224 g/mol. The molecule has 2 aromatic rings. The van der Waals surface area contributed by atoms with Crippen LogP contribution in [0.25, 0.3) is 11.1 Å². The molecule has 0 aliphatic rings. The lowest BCUT2D eigenvalue weighted by Crippen LogP contribution is -1.91. The van der Waals surface area contributed by atoms with Gasteiger partial charge < -0.3 is 0 Å². The minimum Gasteiger partial charge on any atom is -0.298 e. The lowest BCUT2D eigenvalue weighted by Gasteiger charge is -2.11. The molecule has 86 valence electrons. The number of rotatable bonds is 2. The Labute approximate surface area is 102 Å². The predicted molar refractivity (Wildman–Crippen MR) is 71.5 cm³/mol. The summed E-state index contributed by atoms with van der Waals surface area (Å²) >= 11 is 0. The van der Waals surface area contributed by atoms with E-state index in [1.54, 1.807) is 0 Å². The van der Waals surface area contributed by atoms with Gasteiger partial charge in [-0.05, 0) is 54.7 Å². The summed E-state index contributed by atoms with van der Waals surface area (Å²) in [6.45, 7) is 6.30. The molecule has 0 unspecified atom stereocenters. The number of hydrogen-bond acceptors (Lipinski definition) is 1. The number of aryl methyl sites for hydroxylation is 2. The molecule has 0 atom stereocenters. The van der Waals surface area contributed by atoms with E-state index in [1.807, 2.05) is 25.1 Å². The number of carbonyl (C=O) groups is 1. The highest BCUT2D eigenvalue weighted by Crippen LogP contribution is 2.28. The van der Waals surface area contributed by atoms with Gasteiger partial charge >= 0.3 is 0 Å². The Morgan fingerprint density at radius 2 is 1.65 bits per heavy atom. The van der Waals surface area contributed by atoms with E-state index in [0.29, 0.717) is 0 Å². The van der Waals surface area contributed by atoms with Crippen LogP contribution in [0.3, 0.4) is 0 Å². The van der Waals surface area contributed by atoms with Crippen LogP contribution in [0, 0.1) is 20.8 Å². The Morgan fingerprint density at radius 3 is 2.29 bits per heavy atom. The minimum absolute atomic E-state index is 0.733. The number of hydrogen-bond donors (Lipinski definition) is 0. The minimum atomic E-state index is 0.733. The second-order valence-electron chi connectivity index (χ2n) is 4.44. The molecule has 0 radical (unpaired) electrons. The molecule has 0 amide bonds. The fraction of sp³-hybridized carbons (Fsp3) is 0.188. The summed E-state index contributed by atoms with van der Waals surface area (Å²) < 4.78 is 0. The van der Waals surface area contributed by atoms with Gasteiger partial charge in [-0.1, -0.05) is 30.3 Å². The van der Waals surface area contributed by atoms with Crippen LogP contribution in [0.1, 0.15) is 27.0 Å². The molecule has 0 spiro atoms. The first-order valence-corrected chi connectivity index (χ1v) is 5.76. The fourth-order valence-corrected chi connectivity index (χ4v) is 2.11. The van der Waals surface area contributed by atoms with E-state index in [-0.39, 0.29) is 0 Å². The zero-order valence-corrected chi connectivity index (χ0v) is 10.4. The molecule has 0 saturated carbocycles. The van der Waals surface area contributed by atoms with Gasteiger partial charge in [0.05, 0.1) is 0 Å². The van der Waals surface area contributed by atoms with Crippen LogP contribution >= 0.6 is 0 Å². The van der Waals surface area contributed by atoms with Crippen molar-refractivity contribution in [2.24, 2.45) is 0 Å². The second-order valence-corrected chi connectivity index (χ2v) is 4.44. The van der Waals surface area contributed by atoms with Crippen LogP contribution in [0.15, 0.2) is 36.4 Å². The standard InChI is InChI=1S/C16H16O/c1-11-5-4-6-16(13(11)3)15-8-7-14(10-17)9-12(15)2/h4-10H,1-3H3. The molecule has 2 rings (SSSR count). The maximum absolute atomic E-state index is 10.7. The monoisotopic (exact) mass is 224 g/mol. The molecule has 1 nitrogen and oxygen atoms in total. The SMILES string of the molecule is Cc1cc(C=O)ccc1-c1cccc(C)c1C. The average Bonchev–Trinajstić information content (AvgIpc) is 2.33. The highest BCUT2D eigenvalue weighted by molar-refractivity contribution is 5.79. The van der Waals surface area contributed by atoms with Crippen molar-refractivity contribution < 1.29 is 4.79 Å². The van der Waals surface area contributed by atoms with E-state index in [9.17, 15) is 4.79 Å². The molecular weight excluding hydrogens is 208 g/mol. The molecule has 0 aromatic heterocycles. The highest BCUT2D eigenvalue weighted by atomic mass is 16.1. The zero-order chi connectivity index (χ0) is 12.4. The van der Waals surface area contributed by atoms with Gasteiger partial charge in [0.2, 0.25) is 0 Å². The van der Waals surface area contributed by atoms with E-state index in [4.69, 9.17) is 0 Å². The number of aldehydes is 1. The van der Waals surface area contributed by atoms with Crippen LogP contribution in [0.4, 0.5) is 0 Å². The largest absolute Gasteiger partial charge is 0.298 e. The Balaban J connectivity index is 2.61. The van der Waals surface area contributed by atoms with E-state index in [0.717, 1.165) is 17.4 Å². The molecular formula is C16H16O. The van der Waals surface area contributed by atoms with Crippen molar-refractivity contribution in [3.63, 3.8) is 0 Å². The molecule has 0 bridgehead atoms. The first-order chi connectivity index (χ1) is 8.13. The summed E-state index contributed by atoms with van der Waals surface area (Å²) in [6, 6.07) is 12.2. The van der Waals surface area contributed by atoms with Crippen molar-refractivity contribution in [3.8, 4) is 11.1 Å². The van der Waals surface area contributed by atoms with Gasteiger partial charge in [0.1, 0.15) is 6.29 Å². The normalized spacial score (nSPS) is 10.3. The summed E-state index contributed by atoms with van der Waals surface area (Å²) in [6.07, 6.45) is 0.889. The van der Waals surface area contributed by atoms with E-state index >= 15 is 0 Å².